The van der Waals surface area contributed by atoms with Crippen LogP contribution in [0.4, 0.5) is 4.79 Å². The zero-order valence-electron chi connectivity index (χ0n) is 16.0. The Morgan fingerprint density at radius 3 is 3.11 bits per heavy atom. The zero-order chi connectivity index (χ0) is 18.7. The average Bonchev–Trinajstić information content (AvgIpc) is 3.27. The van der Waals surface area contributed by atoms with Gasteiger partial charge in [0.2, 0.25) is 0 Å². The number of ether oxygens (including phenoxy) is 2. The predicted octanol–water partition coefficient (Wildman–Crippen LogP) is 4.19. The van der Waals surface area contributed by atoms with E-state index in [4.69, 9.17) is 9.47 Å². The number of fused-ring (bicyclic) bond motifs is 1. The minimum Gasteiger partial charge on any atom is -0.447 e. The van der Waals surface area contributed by atoms with Crippen LogP contribution in [-0.4, -0.2) is 32.0 Å². The van der Waals surface area contributed by atoms with Gasteiger partial charge in [0.15, 0.2) is 0 Å². The van der Waals surface area contributed by atoms with E-state index in [1.807, 2.05) is 0 Å². The number of hydrogen-bond acceptors (Lipinski definition) is 3. The van der Waals surface area contributed by atoms with Crippen molar-refractivity contribution in [2.75, 3.05) is 20.3 Å². The maximum atomic E-state index is 11.4. The molecule has 1 N–H and O–H groups in total. The lowest BCUT2D eigenvalue weighted by atomic mass is 9.87. The first kappa shape index (κ1) is 18.1. The zero-order valence-corrected chi connectivity index (χ0v) is 16.0. The summed E-state index contributed by atoms with van der Waals surface area (Å²) in [6.07, 6.45) is 9.03. The largest absolute Gasteiger partial charge is 0.447 e. The number of aryl methyl sites for hydroxylation is 1. The lowest BCUT2D eigenvalue weighted by molar-refractivity contribution is 0.172. The van der Waals surface area contributed by atoms with Crippen LogP contribution in [0.15, 0.2) is 23.8 Å². The predicted molar refractivity (Wildman–Crippen MR) is 105 cm³/mol. The standard InChI is InChI=1S/C23H27NO3/c1-26-12-4-2-3-5-17-6-7-19-14-20(9-8-18(19)13-17)21-10-11-23(15-21)16-27-22(25)24-23/h8-9,13-14,21H,2,4,6-7,10-12,15-16H2,1H3,(H,24,25)/t21-,23+/m0/s1. The van der Waals surface area contributed by atoms with Crippen molar-refractivity contribution in [1.82, 2.24) is 5.32 Å². The molecule has 1 amide bonds. The highest BCUT2D eigenvalue weighted by Gasteiger charge is 2.45. The molecule has 2 fully saturated rings. The van der Waals surface area contributed by atoms with Crippen molar-refractivity contribution in [3.63, 3.8) is 0 Å². The van der Waals surface area contributed by atoms with E-state index in [1.54, 1.807) is 7.11 Å². The molecule has 27 heavy (non-hydrogen) atoms. The summed E-state index contributed by atoms with van der Waals surface area (Å²) in [5.74, 6) is 7.10. The second-order valence-electron chi connectivity index (χ2n) is 7.95. The van der Waals surface area contributed by atoms with Gasteiger partial charge >= 0.3 is 6.09 Å². The van der Waals surface area contributed by atoms with Crippen molar-refractivity contribution in [3.8, 4) is 11.8 Å². The molecule has 2 atom stereocenters. The molecule has 2 aliphatic carbocycles. The van der Waals surface area contributed by atoms with E-state index < -0.39 is 0 Å². The third-order valence-electron chi connectivity index (χ3n) is 5.99. The lowest BCUT2D eigenvalue weighted by Crippen LogP contribution is -2.40. The van der Waals surface area contributed by atoms with Gasteiger partial charge in [-0.15, -0.1) is 0 Å². The van der Waals surface area contributed by atoms with E-state index in [0.29, 0.717) is 12.5 Å². The van der Waals surface area contributed by atoms with Crippen molar-refractivity contribution < 1.29 is 14.3 Å². The van der Waals surface area contributed by atoms with Crippen LogP contribution in [0.5, 0.6) is 0 Å². The minimum absolute atomic E-state index is 0.136. The molecule has 0 radical (unpaired) electrons. The van der Waals surface area contributed by atoms with Gasteiger partial charge in [-0.3, -0.25) is 0 Å². The van der Waals surface area contributed by atoms with Crippen LogP contribution in [0.2, 0.25) is 0 Å². The monoisotopic (exact) mass is 365 g/mol. The smallest absolute Gasteiger partial charge is 0.407 e. The Hall–Kier alpha value is -2.25. The topological polar surface area (TPSA) is 47.6 Å². The molecule has 1 spiro atoms. The first-order valence-corrected chi connectivity index (χ1v) is 9.94. The van der Waals surface area contributed by atoms with Gasteiger partial charge in [-0.25, -0.2) is 4.79 Å². The molecule has 4 heteroatoms. The maximum absolute atomic E-state index is 11.4. The normalized spacial score (nSPS) is 26.0. The molecule has 0 unspecified atom stereocenters. The number of carbonyl (C=O) groups is 1. The molecule has 1 aromatic rings. The number of amides is 1. The second kappa shape index (κ2) is 7.78. The molecular formula is C23H27NO3. The van der Waals surface area contributed by atoms with E-state index in [2.05, 4.69) is 41.4 Å². The fraction of sp³-hybridized carbons (Fsp3) is 0.522. The van der Waals surface area contributed by atoms with Crippen LogP contribution in [0.1, 0.15) is 61.1 Å². The molecule has 142 valence electrons. The quantitative estimate of drug-likeness (QED) is 0.643. The molecule has 0 bridgehead atoms. The van der Waals surface area contributed by atoms with Crippen molar-refractivity contribution >= 4 is 12.2 Å². The summed E-state index contributed by atoms with van der Waals surface area (Å²) in [5, 5.41) is 3.04. The van der Waals surface area contributed by atoms with Crippen LogP contribution in [0.3, 0.4) is 0 Å². The van der Waals surface area contributed by atoms with Crippen LogP contribution in [-0.2, 0) is 15.9 Å². The summed E-state index contributed by atoms with van der Waals surface area (Å²) in [6.45, 7) is 1.29. The van der Waals surface area contributed by atoms with Crippen LogP contribution >= 0.6 is 0 Å². The van der Waals surface area contributed by atoms with E-state index in [0.717, 1.165) is 51.6 Å². The van der Waals surface area contributed by atoms with E-state index >= 15 is 0 Å². The maximum Gasteiger partial charge on any atom is 0.407 e. The molecule has 4 nitrogen and oxygen atoms in total. The van der Waals surface area contributed by atoms with Crippen molar-refractivity contribution in [2.45, 2.75) is 56.4 Å². The summed E-state index contributed by atoms with van der Waals surface area (Å²) < 4.78 is 10.2. The van der Waals surface area contributed by atoms with Gasteiger partial charge in [-0.1, -0.05) is 30.0 Å². The fourth-order valence-corrected chi connectivity index (χ4v) is 4.49. The highest BCUT2D eigenvalue weighted by molar-refractivity contribution is 5.71. The summed E-state index contributed by atoms with van der Waals surface area (Å²) in [6, 6.07) is 6.87. The molecule has 4 rings (SSSR count). The molecular weight excluding hydrogens is 338 g/mol. The summed E-state index contributed by atoms with van der Waals surface area (Å²) in [4.78, 5) is 11.4. The van der Waals surface area contributed by atoms with Gasteiger partial charge in [0.25, 0.3) is 0 Å². The number of allylic oxidation sites excluding steroid dienone is 1. The van der Waals surface area contributed by atoms with Gasteiger partial charge in [0.1, 0.15) is 6.61 Å². The number of cyclic esters (lactones) is 1. The SMILES string of the molecule is COCCCC#CC1=Cc2ccc([C@H]3CC[C@]4(COC(=O)N4)C3)cc2CC1. The molecule has 1 saturated heterocycles. The third kappa shape index (κ3) is 4.04. The number of unbranched alkanes of at least 4 members (excludes halogenated alkanes) is 1. The number of rotatable bonds is 4. The van der Waals surface area contributed by atoms with Crippen LogP contribution in [0, 0.1) is 11.8 Å². The molecule has 3 aliphatic rings. The van der Waals surface area contributed by atoms with E-state index in [9.17, 15) is 4.79 Å². The Morgan fingerprint density at radius 2 is 2.30 bits per heavy atom. The summed E-state index contributed by atoms with van der Waals surface area (Å²) in [7, 11) is 1.73. The highest BCUT2D eigenvalue weighted by Crippen LogP contribution is 2.43. The van der Waals surface area contributed by atoms with Gasteiger partial charge in [-0.05, 0) is 67.2 Å². The van der Waals surface area contributed by atoms with Gasteiger partial charge in [0.05, 0.1) is 5.54 Å². The van der Waals surface area contributed by atoms with Crippen LogP contribution in [0.25, 0.3) is 6.08 Å². The average molecular weight is 365 g/mol. The van der Waals surface area contributed by atoms with Gasteiger partial charge in [-0.2, -0.15) is 0 Å². The van der Waals surface area contributed by atoms with Crippen molar-refractivity contribution in [2.24, 2.45) is 0 Å². The number of hydrogen-bond donors (Lipinski definition) is 1. The second-order valence-corrected chi connectivity index (χ2v) is 7.95. The van der Waals surface area contributed by atoms with E-state index in [1.165, 1.54) is 22.3 Å². The van der Waals surface area contributed by atoms with Crippen molar-refractivity contribution in [3.05, 3.63) is 40.5 Å². The number of benzene rings is 1. The Kier molecular flexibility index (Phi) is 5.22. The molecule has 1 aliphatic heterocycles. The number of carbonyl (C=O) groups excluding carboxylic acids is 1. The van der Waals surface area contributed by atoms with Gasteiger partial charge in [0, 0.05) is 25.7 Å². The first-order valence-electron chi connectivity index (χ1n) is 9.94. The summed E-state index contributed by atoms with van der Waals surface area (Å²) in [5.41, 5.74) is 5.22. The number of alkyl carbamates (subject to hydrolysis) is 1. The van der Waals surface area contributed by atoms with Crippen LogP contribution < -0.4 is 5.32 Å². The highest BCUT2D eigenvalue weighted by atomic mass is 16.6. The van der Waals surface area contributed by atoms with Crippen molar-refractivity contribution in [1.29, 1.82) is 0 Å². The summed E-state index contributed by atoms with van der Waals surface area (Å²) >= 11 is 0. The number of nitrogens with one attached hydrogen (secondary N) is 1. The number of methoxy groups -OCH3 is 1. The lowest BCUT2D eigenvalue weighted by Gasteiger charge is -2.21. The molecule has 1 heterocycles. The van der Waals surface area contributed by atoms with E-state index in [-0.39, 0.29) is 11.6 Å². The molecule has 1 aromatic carbocycles. The Morgan fingerprint density at radius 1 is 1.37 bits per heavy atom. The Bertz CT molecular complexity index is 817. The Balaban J connectivity index is 1.42. The first-order chi connectivity index (χ1) is 13.2. The molecule has 0 aromatic heterocycles. The minimum atomic E-state index is -0.262. The molecule has 1 saturated carbocycles. The van der Waals surface area contributed by atoms with Gasteiger partial charge < -0.3 is 14.8 Å². The third-order valence-corrected chi connectivity index (χ3v) is 5.99. The Labute approximate surface area is 161 Å². The fourth-order valence-electron chi connectivity index (χ4n) is 4.49.